The van der Waals surface area contributed by atoms with Crippen molar-refractivity contribution in [3.8, 4) is 0 Å². The smallest absolute Gasteiger partial charge is 0.174 e. The van der Waals surface area contributed by atoms with Crippen molar-refractivity contribution in [2.75, 3.05) is 6.61 Å². The predicted octanol–water partition coefficient (Wildman–Crippen LogP) is 2.05. The summed E-state index contributed by atoms with van der Waals surface area (Å²) >= 11 is 0. The second kappa shape index (κ2) is 5.51. The van der Waals surface area contributed by atoms with Crippen molar-refractivity contribution in [1.29, 1.82) is 0 Å². The van der Waals surface area contributed by atoms with Crippen molar-refractivity contribution in [1.82, 2.24) is 0 Å². The average Bonchev–Trinajstić information content (AvgIpc) is 2.17. The van der Waals surface area contributed by atoms with Crippen molar-refractivity contribution in [3.05, 3.63) is 42.0 Å². The molecule has 13 heavy (non-hydrogen) atoms. The molecule has 0 amide bonds. The van der Waals surface area contributed by atoms with Crippen LogP contribution < -0.4 is 0 Å². The molecular formula is C11H14O2. The Balaban J connectivity index is 2.49. The lowest BCUT2D eigenvalue weighted by atomic mass is 10.2. The molecule has 0 aromatic heterocycles. The van der Waals surface area contributed by atoms with Crippen molar-refractivity contribution in [3.63, 3.8) is 0 Å². The number of hydrogen-bond acceptors (Lipinski definition) is 2. The highest BCUT2D eigenvalue weighted by atomic mass is 16.6. The maximum Gasteiger partial charge on any atom is 0.174 e. The zero-order valence-corrected chi connectivity index (χ0v) is 7.68. The van der Waals surface area contributed by atoms with Gasteiger partial charge in [0.05, 0.1) is 0 Å². The van der Waals surface area contributed by atoms with E-state index in [1.54, 1.807) is 6.08 Å². The van der Waals surface area contributed by atoms with E-state index in [-0.39, 0.29) is 0 Å². The summed E-state index contributed by atoms with van der Waals surface area (Å²) in [6.45, 7) is 2.36. The molecule has 1 atom stereocenters. The topological polar surface area (TPSA) is 29.5 Å². The molecule has 0 saturated carbocycles. The van der Waals surface area contributed by atoms with Crippen LogP contribution in [0, 0.1) is 0 Å². The lowest BCUT2D eigenvalue weighted by Crippen LogP contribution is -2.06. The highest BCUT2D eigenvalue weighted by Gasteiger charge is 1.94. The van der Waals surface area contributed by atoms with E-state index in [4.69, 9.17) is 4.74 Å². The molecule has 1 N–H and O–H groups in total. The van der Waals surface area contributed by atoms with Gasteiger partial charge in [-0.05, 0) is 18.6 Å². The van der Waals surface area contributed by atoms with Crippen LogP contribution in [-0.2, 0) is 4.74 Å². The molecule has 0 aliphatic carbocycles. The average molecular weight is 178 g/mol. The second-order valence-electron chi connectivity index (χ2n) is 2.62. The van der Waals surface area contributed by atoms with Crippen LogP contribution in [0.1, 0.15) is 12.5 Å². The van der Waals surface area contributed by atoms with Gasteiger partial charge in [0.15, 0.2) is 6.29 Å². The number of hydrogen-bond donors (Lipinski definition) is 1. The Labute approximate surface area is 78.5 Å². The number of aliphatic hydroxyl groups is 1. The highest BCUT2D eigenvalue weighted by molar-refractivity contribution is 5.48. The monoisotopic (exact) mass is 178 g/mol. The van der Waals surface area contributed by atoms with Crippen LogP contribution in [0.4, 0.5) is 0 Å². The van der Waals surface area contributed by atoms with Crippen molar-refractivity contribution in [2.24, 2.45) is 0 Å². The number of rotatable bonds is 4. The fraction of sp³-hybridized carbons (Fsp3) is 0.273. The fourth-order valence-electron chi connectivity index (χ4n) is 0.984. The minimum Gasteiger partial charge on any atom is -0.365 e. The van der Waals surface area contributed by atoms with Gasteiger partial charge in [0.25, 0.3) is 0 Å². The Hall–Kier alpha value is -1.12. The molecule has 0 saturated heterocycles. The van der Waals surface area contributed by atoms with E-state index in [0.29, 0.717) is 6.61 Å². The van der Waals surface area contributed by atoms with Gasteiger partial charge in [-0.15, -0.1) is 0 Å². The van der Waals surface area contributed by atoms with E-state index >= 15 is 0 Å². The van der Waals surface area contributed by atoms with E-state index < -0.39 is 6.29 Å². The largest absolute Gasteiger partial charge is 0.365 e. The Kier molecular flexibility index (Phi) is 4.23. The first kappa shape index (κ1) is 9.96. The number of ether oxygens (including phenoxy) is 1. The summed E-state index contributed by atoms with van der Waals surface area (Å²) in [6.07, 6.45) is 2.66. The van der Waals surface area contributed by atoms with E-state index in [9.17, 15) is 5.11 Å². The van der Waals surface area contributed by atoms with Crippen LogP contribution in [-0.4, -0.2) is 18.0 Å². The van der Waals surface area contributed by atoms with Crippen molar-refractivity contribution < 1.29 is 9.84 Å². The molecule has 0 aliphatic rings. The fourth-order valence-corrected chi connectivity index (χ4v) is 0.984. The quantitative estimate of drug-likeness (QED) is 0.715. The summed E-state index contributed by atoms with van der Waals surface area (Å²) in [5, 5.41) is 9.20. The molecule has 0 heterocycles. The second-order valence-corrected chi connectivity index (χ2v) is 2.62. The van der Waals surface area contributed by atoms with Crippen LogP contribution in [0.25, 0.3) is 6.08 Å². The third-order valence-electron chi connectivity index (χ3n) is 1.59. The molecule has 2 heteroatoms. The van der Waals surface area contributed by atoms with E-state index in [1.165, 1.54) is 0 Å². The van der Waals surface area contributed by atoms with E-state index in [2.05, 4.69) is 0 Å². The predicted molar refractivity (Wildman–Crippen MR) is 53.1 cm³/mol. The summed E-state index contributed by atoms with van der Waals surface area (Å²) in [5.41, 5.74) is 1.06. The lowest BCUT2D eigenvalue weighted by molar-refractivity contribution is -0.0581. The molecule has 2 nitrogen and oxygen atoms in total. The van der Waals surface area contributed by atoms with Gasteiger partial charge in [-0.3, -0.25) is 0 Å². The van der Waals surface area contributed by atoms with Gasteiger partial charge in [0, 0.05) is 6.61 Å². The van der Waals surface area contributed by atoms with Crippen LogP contribution in [0.2, 0.25) is 0 Å². The first-order valence-electron chi connectivity index (χ1n) is 4.36. The lowest BCUT2D eigenvalue weighted by Gasteiger charge is -2.03. The van der Waals surface area contributed by atoms with Crippen LogP contribution >= 0.6 is 0 Å². The van der Waals surface area contributed by atoms with Gasteiger partial charge < -0.3 is 9.84 Å². The number of benzene rings is 1. The molecule has 0 spiro atoms. The minimum absolute atomic E-state index is 0.514. The zero-order valence-electron chi connectivity index (χ0n) is 7.68. The third-order valence-corrected chi connectivity index (χ3v) is 1.59. The Morgan fingerprint density at radius 3 is 2.69 bits per heavy atom. The van der Waals surface area contributed by atoms with Crippen molar-refractivity contribution >= 4 is 6.08 Å². The summed E-state index contributed by atoms with van der Waals surface area (Å²) in [5.74, 6) is 0. The molecule has 0 bridgehead atoms. The van der Waals surface area contributed by atoms with Crippen LogP contribution in [0.15, 0.2) is 36.4 Å². The normalized spacial score (nSPS) is 13.4. The summed E-state index contributed by atoms with van der Waals surface area (Å²) in [6, 6.07) is 9.79. The molecule has 1 rings (SSSR count). The maximum absolute atomic E-state index is 9.20. The van der Waals surface area contributed by atoms with Crippen LogP contribution in [0.5, 0.6) is 0 Å². The van der Waals surface area contributed by atoms with Gasteiger partial charge in [-0.25, -0.2) is 0 Å². The standard InChI is InChI=1S/C11H14O2/c1-2-13-11(12)9-8-10-6-4-3-5-7-10/h3-9,11-12H,2H2,1H3/b9-8+. The van der Waals surface area contributed by atoms with Crippen molar-refractivity contribution in [2.45, 2.75) is 13.2 Å². The van der Waals surface area contributed by atoms with E-state index in [1.807, 2.05) is 43.3 Å². The van der Waals surface area contributed by atoms with Gasteiger partial charge in [-0.2, -0.15) is 0 Å². The van der Waals surface area contributed by atoms with E-state index in [0.717, 1.165) is 5.56 Å². The highest BCUT2D eigenvalue weighted by Crippen LogP contribution is 2.02. The first-order valence-corrected chi connectivity index (χ1v) is 4.36. The molecule has 1 aromatic rings. The molecule has 1 aromatic carbocycles. The SMILES string of the molecule is CCOC(O)/C=C/c1ccccc1. The van der Waals surface area contributed by atoms with Gasteiger partial charge in [-0.1, -0.05) is 36.4 Å². The van der Waals surface area contributed by atoms with Gasteiger partial charge in [0.1, 0.15) is 0 Å². The zero-order chi connectivity index (χ0) is 9.52. The molecule has 1 unspecified atom stereocenters. The molecule has 70 valence electrons. The van der Waals surface area contributed by atoms with Gasteiger partial charge in [0.2, 0.25) is 0 Å². The third kappa shape index (κ3) is 3.87. The summed E-state index contributed by atoms with van der Waals surface area (Å²) < 4.78 is 4.93. The Bertz CT molecular complexity index is 254. The maximum atomic E-state index is 9.20. The summed E-state index contributed by atoms with van der Waals surface area (Å²) in [4.78, 5) is 0. The molecular weight excluding hydrogens is 164 g/mol. The van der Waals surface area contributed by atoms with Gasteiger partial charge >= 0.3 is 0 Å². The molecule has 0 fully saturated rings. The minimum atomic E-state index is -0.801. The molecule has 0 radical (unpaired) electrons. The first-order chi connectivity index (χ1) is 6.33. The molecule has 0 aliphatic heterocycles. The van der Waals surface area contributed by atoms with Crippen LogP contribution in [0.3, 0.4) is 0 Å². The Morgan fingerprint density at radius 2 is 2.08 bits per heavy atom. The number of aliphatic hydroxyl groups excluding tert-OH is 1. The summed E-state index contributed by atoms with van der Waals surface area (Å²) in [7, 11) is 0. The Morgan fingerprint density at radius 1 is 1.38 bits per heavy atom.